The number of methoxy groups -OCH3 is 1. The van der Waals surface area contributed by atoms with Gasteiger partial charge in [-0.2, -0.15) is 0 Å². The molecular formula is C20H28N2O4. The van der Waals surface area contributed by atoms with Crippen LogP contribution in [0.4, 0.5) is 0 Å². The van der Waals surface area contributed by atoms with Gasteiger partial charge in [-0.15, -0.1) is 0 Å². The maximum Gasteiger partial charge on any atom is 0.242 e. The second-order valence-electron chi connectivity index (χ2n) is 7.77. The predicted molar refractivity (Wildman–Crippen MR) is 97.6 cm³/mol. The predicted octanol–water partition coefficient (Wildman–Crippen LogP) is 2.15. The molecule has 1 aromatic carbocycles. The lowest BCUT2D eigenvalue weighted by atomic mass is 9.71. The van der Waals surface area contributed by atoms with Crippen molar-refractivity contribution in [3.63, 3.8) is 0 Å². The van der Waals surface area contributed by atoms with Gasteiger partial charge in [-0.1, -0.05) is 12.8 Å². The molecule has 26 heavy (non-hydrogen) atoms. The van der Waals surface area contributed by atoms with Crippen molar-refractivity contribution in [3.8, 4) is 11.5 Å². The van der Waals surface area contributed by atoms with Crippen LogP contribution in [-0.4, -0.2) is 50.3 Å². The van der Waals surface area contributed by atoms with Crippen molar-refractivity contribution in [2.24, 2.45) is 5.73 Å². The van der Waals surface area contributed by atoms with Gasteiger partial charge in [0.05, 0.1) is 12.6 Å². The highest BCUT2D eigenvalue weighted by Gasteiger charge is 2.46. The largest absolute Gasteiger partial charge is 0.486 e. The molecule has 2 unspecified atom stereocenters. The summed E-state index contributed by atoms with van der Waals surface area (Å²) in [6.07, 6.45) is 4.56. The average molecular weight is 360 g/mol. The van der Waals surface area contributed by atoms with Crippen LogP contribution in [0.2, 0.25) is 0 Å². The summed E-state index contributed by atoms with van der Waals surface area (Å²) < 4.78 is 16.7. The summed E-state index contributed by atoms with van der Waals surface area (Å²) in [5, 5.41) is 0. The van der Waals surface area contributed by atoms with Gasteiger partial charge in [0.2, 0.25) is 5.91 Å². The highest BCUT2D eigenvalue weighted by Crippen LogP contribution is 2.51. The van der Waals surface area contributed by atoms with Crippen LogP contribution < -0.4 is 15.2 Å². The van der Waals surface area contributed by atoms with Crippen molar-refractivity contribution in [3.05, 3.63) is 23.3 Å². The number of amides is 1. The molecule has 6 heteroatoms. The quantitative estimate of drug-likeness (QED) is 0.894. The molecule has 2 N–H and O–H groups in total. The third-order valence-corrected chi connectivity index (χ3v) is 6.18. The number of nitrogens with zero attached hydrogens (tertiary/aromatic N) is 1. The summed E-state index contributed by atoms with van der Waals surface area (Å²) in [6.45, 7) is 4.19. The van der Waals surface area contributed by atoms with Crippen molar-refractivity contribution in [2.45, 2.75) is 50.1 Å². The Morgan fingerprint density at radius 1 is 1.31 bits per heavy atom. The van der Waals surface area contributed by atoms with Crippen molar-refractivity contribution in [1.29, 1.82) is 0 Å². The van der Waals surface area contributed by atoms with Crippen LogP contribution in [0.3, 0.4) is 0 Å². The molecule has 0 aromatic heterocycles. The maximum atomic E-state index is 13.0. The van der Waals surface area contributed by atoms with Crippen LogP contribution in [0, 0.1) is 0 Å². The topological polar surface area (TPSA) is 74.0 Å². The van der Waals surface area contributed by atoms with E-state index in [1.807, 2.05) is 4.90 Å². The third kappa shape index (κ3) is 2.76. The molecule has 1 fully saturated rings. The number of rotatable bonds is 3. The summed E-state index contributed by atoms with van der Waals surface area (Å²) in [5.74, 6) is 1.58. The fraction of sp³-hybridized carbons (Fsp3) is 0.650. The van der Waals surface area contributed by atoms with Crippen LogP contribution in [0.15, 0.2) is 12.1 Å². The van der Waals surface area contributed by atoms with Crippen molar-refractivity contribution in [1.82, 2.24) is 4.90 Å². The first-order valence-electron chi connectivity index (χ1n) is 9.55. The van der Waals surface area contributed by atoms with Crippen LogP contribution in [0.5, 0.6) is 11.5 Å². The third-order valence-electron chi connectivity index (χ3n) is 6.18. The van der Waals surface area contributed by atoms with E-state index in [2.05, 4.69) is 19.1 Å². The van der Waals surface area contributed by atoms with Gasteiger partial charge >= 0.3 is 0 Å². The van der Waals surface area contributed by atoms with Gasteiger partial charge in [-0.25, -0.2) is 0 Å². The normalized spacial score (nSPS) is 24.4. The van der Waals surface area contributed by atoms with Gasteiger partial charge in [0.1, 0.15) is 19.3 Å². The summed E-state index contributed by atoms with van der Waals surface area (Å²) in [6, 6.07) is 3.58. The molecule has 2 aliphatic heterocycles. The molecule has 0 saturated heterocycles. The lowest BCUT2D eigenvalue weighted by Gasteiger charge is -2.47. The number of benzene rings is 1. The van der Waals surface area contributed by atoms with E-state index in [-0.39, 0.29) is 24.0 Å². The Bertz CT molecular complexity index is 699. The monoisotopic (exact) mass is 360 g/mol. The van der Waals surface area contributed by atoms with E-state index >= 15 is 0 Å². The number of ether oxygens (including phenoxy) is 3. The zero-order chi connectivity index (χ0) is 18.3. The van der Waals surface area contributed by atoms with E-state index in [0.717, 1.165) is 30.9 Å². The Labute approximate surface area is 154 Å². The minimum absolute atomic E-state index is 0.000131. The second-order valence-corrected chi connectivity index (χ2v) is 7.77. The molecule has 1 aromatic rings. The van der Waals surface area contributed by atoms with Gasteiger partial charge in [-0.3, -0.25) is 4.79 Å². The van der Waals surface area contributed by atoms with E-state index in [1.54, 1.807) is 7.11 Å². The molecule has 2 heterocycles. The fourth-order valence-electron chi connectivity index (χ4n) is 4.84. The standard InChI is InChI=1S/C20H28N2O4/c1-13-14-9-17-18(26-8-7-25-17)10-15(14)20(5-3-4-6-20)12-22(13)19(23)16(21)11-24-2/h9-10,13,16H,3-8,11-12,21H2,1-2H3. The molecule has 0 bridgehead atoms. The Balaban J connectivity index is 1.76. The van der Waals surface area contributed by atoms with Gasteiger partial charge < -0.3 is 24.8 Å². The first kappa shape index (κ1) is 17.6. The van der Waals surface area contributed by atoms with Crippen LogP contribution in [0.25, 0.3) is 0 Å². The number of carbonyl (C=O) groups is 1. The minimum Gasteiger partial charge on any atom is -0.486 e. The van der Waals surface area contributed by atoms with Gasteiger partial charge in [-0.05, 0) is 43.0 Å². The number of hydrogen-bond donors (Lipinski definition) is 1. The fourth-order valence-corrected chi connectivity index (χ4v) is 4.84. The summed E-state index contributed by atoms with van der Waals surface area (Å²) in [4.78, 5) is 15.0. The number of carbonyl (C=O) groups excluding carboxylic acids is 1. The van der Waals surface area contributed by atoms with E-state index in [4.69, 9.17) is 19.9 Å². The molecule has 0 radical (unpaired) electrons. The molecule has 1 spiro atoms. The van der Waals surface area contributed by atoms with E-state index < -0.39 is 6.04 Å². The molecule has 2 atom stereocenters. The highest BCUT2D eigenvalue weighted by atomic mass is 16.6. The molecule has 3 aliphatic rings. The minimum atomic E-state index is -0.625. The second kappa shape index (κ2) is 6.74. The van der Waals surface area contributed by atoms with E-state index in [0.29, 0.717) is 13.2 Å². The first-order valence-corrected chi connectivity index (χ1v) is 9.55. The number of hydrogen-bond acceptors (Lipinski definition) is 5. The Morgan fingerprint density at radius 2 is 1.96 bits per heavy atom. The molecular weight excluding hydrogens is 332 g/mol. The number of nitrogens with two attached hydrogens (primary N) is 1. The van der Waals surface area contributed by atoms with Gasteiger partial charge in [0.15, 0.2) is 11.5 Å². The van der Waals surface area contributed by atoms with Crippen molar-refractivity contribution >= 4 is 5.91 Å². The van der Waals surface area contributed by atoms with Gasteiger partial charge in [0.25, 0.3) is 0 Å². The first-order chi connectivity index (χ1) is 12.6. The Morgan fingerprint density at radius 3 is 2.62 bits per heavy atom. The smallest absolute Gasteiger partial charge is 0.242 e. The summed E-state index contributed by atoms with van der Waals surface area (Å²) in [7, 11) is 1.57. The summed E-state index contributed by atoms with van der Waals surface area (Å²) in [5.41, 5.74) is 8.57. The zero-order valence-corrected chi connectivity index (χ0v) is 15.6. The van der Waals surface area contributed by atoms with Crippen LogP contribution >= 0.6 is 0 Å². The number of fused-ring (bicyclic) bond motifs is 3. The molecule has 4 rings (SSSR count). The molecule has 1 amide bonds. The zero-order valence-electron chi connectivity index (χ0n) is 15.6. The highest BCUT2D eigenvalue weighted by molar-refractivity contribution is 5.83. The van der Waals surface area contributed by atoms with Crippen molar-refractivity contribution < 1.29 is 19.0 Å². The van der Waals surface area contributed by atoms with E-state index in [1.165, 1.54) is 24.0 Å². The Hall–Kier alpha value is -1.79. The van der Waals surface area contributed by atoms with Crippen LogP contribution in [-0.2, 0) is 14.9 Å². The lowest BCUT2D eigenvalue weighted by molar-refractivity contribution is -0.137. The lowest BCUT2D eigenvalue weighted by Crippen LogP contribution is -2.54. The molecule has 142 valence electrons. The van der Waals surface area contributed by atoms with Crippen molar-refractivity contribution in [2.75, 3.05) is 33.5 Å². The maximum absolute atomic E-state index is 13.0. The van der Waals surface area contributed by atoms with Crippen LogP contribution in [0.1, 0.15) is 49.8 Å². The molecule has 1 aliphatic carbocycles. The van der Waals surface area contributed by atoms with Gasteiger partial charge in [0, 0.05) is 19.1 Å². The SMILES string of the molecule is COCC(N)C(=O)N1CC2(CCCC2)c2cc3c(cc2C1C)OCCO3. The summed E-state index contributed by atoms with van der Waals surface area (Å²) >= 11 is 0. The Kier molecular flexibility index (Phi) is 4.57. The van der Waals surface area contributed by atoms with E-state index in [9.17, 15) is 4.79 Å². The average Bonchev–Trinajstić information content (AvgIpc) is 3.12. The molecule has 1 saturated carbocycles. The molecule has 6 nitrogen and oxygen atoms in total.